The molecule has 2 amide bonds. The molecule has 1 aliphatic carbocycles. The molecule has 0 heterocycles. The molecule has 0 saturated heterocycles. The summed E-state index contributed by atoms with van der Waals surface area (Å²) in [5.74, 6) is -1.67. The molecule has 152 valence electrons. The van der Waals surface area contributed by atoms with Gasteiger partial charge >= 0.3 is 0 Å². The van der Waals surface area contributed by atoms with Gasteiger partial charge in [0.05, 0.1) is 16.8 Å². The van der Waals surface area contributed by atoms with Crippen LogP contribution in [-0.4, -0.2) is 30.2 Å². The van der Waals surface area contributed by atoms with Crippen LogP contribution in [0.15, 0.2) is 42.5 Å². The van der Waals surface area contributed by atoms with Gasteiger partial charge in [0.25, 0.3) is 11.8 Å². The van der Waals surface area contributed by atoms with Crippen molar-refractivity contribution in [3.8, 4) is 5.75 Å². The Kier molecular flexibility index (Phi) is 6.59. The second-order valence-corrected chi connectivity index (χ2v) is 7.04. The Morgan fingerprint density at radius 2 is 1.79 bits per heavy atom. The van der Waals surface area contributed by atoms with Gasteiger partial charge in [0.2, 0.25) is 0 Å². The van der Waals surface area contributed by atoms with Crippen LogP contribution in [0.25, 0.3) is 0 Å². The van der Waals surface area contributed by atoms with Crippen LogP contribution in [0.5, 0.6) is 5.75 Å². The number of ether oxygens (including phenoxy) is 1. The van der Waals surface area contributed by atoms with E-state index in [2.05, 4.69) is 10.6 Å². The van der Waals surface area contributed by atoms with Gasteiger partial charge in [-0.1, -0.05) is 25.0 Å². The molecule has 2 N–H and O–H groups in total. The standard InChI is InChI=1S/C22H23FN2O4/c1-14(26)17-11-10-16(12-19(17)23)29-13-21(27)25-20-9-5-4-8-18(20)22(28)24-15-6-2-3-7-15/h4-5,8-12,15H,2-3,6-7,13H2,1H3,(H,24,28)(H,25,27). The summed E-state index contributed by atoms with van der Waals surface area (Å²) in [6.45, 7) is 0.907. The van der Waals surface area contributed by atoms with E-state index < -0.39 is 11.7 Å². The number of carbonyl (C=O) groups excluding carboxylic acids is 3. The lowest BCUT2D eigenvalue weighted by molar-refractivity contribution is -0.118. The van der Waals surface area contributed by atoms with Crippen molar-refractivity contribution in [2.75, 3.05) is 11.9 Å². The second-order valence-electron chi connectivity index (χ2n) is 7.04. The maximum atomic E-state index is 13.8. The van der Waals surface area contributed by atoms with Crippen LogP contribution in [0.4, 0.5) is 10.1 Å². The van der Waals surface area contributed by atoms with E-state index in [0.717, 1.165) is 31.7 Å². The number of rotatable bonds is 7. The quantitative estimate of drug-likeness (QED) is 0.696. The lowest BCUT2D eigenvalue weighted by atomic mass is 10.1. The molecule has 0 aromatic heterocycles. The average Bonchev–Trinajstić information content (AvgIpc) is 3.19. The molecule has 2 aromatic rings. The molecule has 2 aromatic carbocycles. The zero-order chi connectivity index (χ0) is 20.8. The molecule has 0 aliphatic heterocycles. The second kappa shape index (κ2) is 9.32. The third kappa shape index (κ3) is 5.40. The van der Waals surface area contributed by atoms with Crippen LogP contribution >= 0.6 is 0 Å². The van der Waals surface area contributed by atoms with Gasteiger partial charge in [0.1, 0.15) is 11.6 Å². The molecule has 0 unspecified atom stereocenters. The van der Waals surface area contributed by atoms with E-state index in [9.17, 15) is 18.8 Å². The average molecular weight is 398 g/mol. The Morgan fingerprint density at radius 1 is 1.07 bits per heavy atom. The highest BCUT2D eigenvalue weighted by Crippen LogP contribution is 2.21. The predicted molar refractivity (Wildman–Crippen MR) is 107 cm³/mol. The zero-order valence-corrected chi connectivity index (χ0v) is 16.2. The molecule has 0 atom stereocenters. The number of halogens is 1. The largest absolute Gasteiger partial charge is 0.484 e. The van der Waals surface area contributed by atoms with E-state index in [0.29, 0.717) is 11.3 Å². The minimum atomic E-state index is -0.704. The molecule has 6 nitrogen and oxygen atoms in total. The molecule has 1 saturated carbocycles. The lowest BCUT2D eigenvalue weighted by Gasteiger charge is -2.15. The number of benzene rings is 2. The van der Waals surface area contributed by atoms with Gasteiger partial charge in [-0.3, -0.25) is 14.4 Å². The van der Waals surface area contributed by atoms with Gasteiger partial charge in [0, 0.05) is 12.1 Å². The molecular formula is C22H23FN2O4. The number of anilines is 1. The number of amides is 2. The topological polar surface area (TPSA) is 84.5 Å². The minimum Gasteiger partial charge on any atom is -0.484 e. The molecule has 0 radical (unpaired) electrons. The first kappa shape index (κ1) is 20.5. The summed E-state index contributed by atoms with van der Waals surface area (Å²) in [6.07, 6.45) is 4.14. The van der Waals surface area contributed by atoms with Crippen LogP contribution in [0, 0.1) is 5.82 Å². The van der Waals surface area contributed by atoms with Crippen molar-refractivity contribution in [2.24, 2.45) is 0 Å². The first-order valence-corrected chi connectivity index (χ1v) is 9.57. The van der Waals surface area contributed by atoms with E-state index in [4.69, 9.17) is 4.74 Å². The van der Waals surface area contributed by atoms with Gasteiger partial charge in [-0.2, -0.15) is 0 Å². The lowest BCUT2D eigenvalue weighted by Crippen LogP contribution is -2.33. The van der Waals surface area contributed by atoms with E-state index in [1.807, 2.05) is 0 Å². The number of ketones is 1. The van der Waals surface area contributed by atoms with E-state index in [1.165, 1.54) is 19.1 Å². The van der Waals surface area contributed by atoms with Crippen LogP contribution in [-0.2, 0) is 4.79 Å². The van der Waals surface area contributed by atoms with Crippen LogP contribution < -0.4 is 15.4 Å². The van der Waals surface area contributed by atoms with Crippen molar-refractivity contribution in [3.63, 3.8) is 0 Å². The van der Waals surface area contributed by atoms with E-state index in [1.54, 1.807) is 24.3 Å². The van der Waals surface area contributed by atoms with E-state index in [-0.39, 0.29) is 35.7 Å². The molecule has 29 heavy (non-hydrogen) atoms. The maximum absolute atomic E-state index is 13.8. The van der Waals surface area contributed by atoms with Crippen molar-refractivity contribution < 1.29 is 23.5 Å². The first-order chi connectivity index (χ1) is 13.9. The Balaban J connectivity index is 1.60. The number of hydrogen-bond donors (Lipinski definition) is 2. The minimum absolute atomic E-state index is 0.0380. The summed E-state index contributed by atoms with van der Waals surface area (Å²) in [5, 5.41) is 5.65. The number of Topliss-reactive ketones (excluding diaryl/α,β-unsaturated/α-hetero) is 1. The highest BCUT2D eigenvalue weighted by Gasteiger charge is 2.20. The SMILES string of the molecule is CC(=O)c1ccc(OCC(=O)Nc2ccccc2C(=O)NC2CCCC2)cc1F. The fraction of sp³-hybridized carbons (Fsp3) is 0.318. The van der Waals surface area contributed by atoms with Crippen molar-refractivity contribution >= 4 is 23.3 Å². The van der Waals surface area contributed by atoms with Crippen LogP contribution in [0.2, 0.25) is 0 Å². The fourth-order valence-corrected chi connectivity index (χ4v) is 3.33. The van der Waals surface area contributed by atoms with Crippen molar-refractivity contribution in [1.82, 2.24) is 5.32 Å². The molecule has 7 heteroatoms. The van der Waals surface area contributed by atoms with E-state index >= 15 is 0 Å². The third-order valence-corrected chi connectivity index (χ3v) is 4.83. The Morgan fingerprint density at radius 3 is 2.48 bits per heavy atom. The summed E-state index contributed by atoms with van der Waals surface area (Å²) < 4.78 is 19.1. The van der Waals surface area contributed by atoms with Gasteiger partial charge in [-0.15, -0.1) is 0 Å². The summed E-state index contributed by atoms with van der Waals surface area (Å²) in [6, 6.07) is 10.7. The molecule has 1 aliphatic rings. The third-order valence-electron chi connectivity index (χ3n) is 4.83. The summed E-state index contributed by atoms with van der Waals surface area (Å²) >= 11 is 0. The highest BCUT2D eigenvalue weighted by molar-refractivity contribution is 6.04. The summed E-state index contributed by atoms with van der Waals surface area (Å²) in [4.78, 5) is 36.1. The van der Waals surface area contributed by atoms with Gasteiger partial charge < -0.3 is 15.4 Å². The fourth-order valence-electron chi connectivity index (χ4n) is 3.33. The Bertz CT molecular complexity index is 923. The molecule has 0 bridgehead atoms. The first-order valence-electron chi connectivity index (χ1n) is 9.57. The summed E-state index contributed by atoms with van der Waals surface area (Å²) in [5.41, 5.74) is 0.725. The molecule has 0 spiro atoms. The Labute approximate surface area is 168 Å². The summed E-state index contributed by atoms with van der Waals surface area (Å²) in [7, 11) is 0. The monoisotopic (exact) mass is 398 g/mol. The smallest absolute Gasteiger partial charge is 0.262 e. The van der Waals surface area contributed by atoms with Crippen molar-refractivity contribution in [3.05, 3.63) is 59.4 Å². The van der Waals surface area contributed by atoms with Crippen molar-refractivity contribution in [1.29, 1.82) is 0 Å². The van der Waals surface area contributed by atoms with Gasteiger partial charge in [0.15, 0.2) is 12.4 Å². The van der Waals surface area contributed by atoms with Crippen LogP contribution in [0.1, 0.15) is 53.3 Å². The number of para-hydroxylation sites is 1. The number of hydrogen-bond acceptors (Lipinski definition) is 4. The van der Waals surface area contributed by atoms with Gasteiger partial charge in [-0.25, -0.2) is 4.39 Å². The van der Waals surface area contributed by atoms with Crippen molar-refractivity contribution in [2.45, 2.75) is 38.6 Å². The normalized spacial score (nSPS) is 13.7. The maximum Gasteiger partial charge on any atom is 0.262 e. The highest BCUT2D eigenvalue weighted by atomic mass is 19.1. The number of nitrogens with one attached hydrogen (secondary N) is 2. The zero-order valence-electron chi connectivity index (χ0n) is 16.2. The number of carbonyl (C=O) groups is 3. The molecule has 3 rings (SSSR count). The molecular weight excluding hydrogens is 375 g/mol. The predicted octanol–water partition coefficient (Wildman–Crippen LogP) is 3.72. The molecule has 1 fully saturated rings. The van der Waals surface area contributed by atoms with Gasteiger partial charge in [-0.05, 0) is 44.0 Å². The van der Waals surface area contributed by atoms with Crippen LogP contribution in [0.3, 0.4) is 0 Å². The Hall–Kier alpha value is -3.22.